The van der Waals surface area contributed by atoms with Crippen molar-refractivity contribution in [1.82, 2.24) is 14.4 Å². The molecule has 2 aromatic rings. The second kappa shape index (κ2) is 9.39. The summed E-state index contributed by atoms with van der Waals surface area (Å²) in [5.41, 5.74) is 3.37. The Morgan fingerprint density at radius 2 is 1.58 bits per heavy atom. The van der Waals surface area contributed by atoms with Crippen LogP contribution >= 0.6 is 0 Å². The van der Waals surface area contributed by atoms with E-state index in [1.807, 2.05) is 0 Å². The van der Waals surface area contributed by atoms with Crippen molar-refractivity contribution in [2.45, 2.75) is 56.7 Å². The molecule has 33 heavy (non-hydrogen) atoms. The quantitative estimate of drug-likeness (QED) is 0.693. The van der Waals surface area contributed by atoms with Gasteiger partial charge in [-0.05, 0) is 38.8 Å². The van der Waals surface area contributed by atoms with Gasteiger partial charge in [-0.3, -0.25) is 4.79 Å². The lowest BCUT2D eigenvalue weighted by Crippen LogP contribution is -2.57. The fraction of sp³-hybridized carbons (Fsp3) is 0.480. The summed E-state index contributed by atoms with van der Waals surface area (Å²) in [6.07, 6.45) is 8.35. The number of hydrogen-bond acceptors (Lipinski definition) is 4. The van der Waals surface area contributed by atoms with Gasteiger partial charge in [-0.15, -0.1) is 0 Å². The summed E-state index contributed by atoms with van der Waals surface area (Å²) in [5, 5.41) is 16.8. The Kier molecular flexibility index (Phi) is 6.56. The van der Waals surface area contributed by atoms with Gasteiger partial charge in [0.15, 0.2) is 0 Å². The molecular formula is C25H31N3O5. The molecule has 3 aliphatic rings. The normalized spacial score (nSPS) is 25.0. The molecule has 0 spiro atoms. The molecule has 2 fully saturated rings. The SMILES string of the molecule is CN1C2CCCC1CC(N1CCc3c(c4ccccc4n3C)C1=O)C2.O=C(O)/C=C\C(=O)O. The maximum absolute atomic E-state index is 13.4. The van der Waals surface area contributed by atoms with Crippen molar-refractivity contribution < 1.29 is 24.6 Å². The van der Waals surface area contributed by atoms with Crippen LogP contribution in [0.25, 0.3) is 10.9 Å². The van der Waals surface area contributed by atoms with E-state index in [1.54, 1.807) is 0 Å². The highest BCUT2D eigenvalue weighted by Gasteiger charge is 2.41. The number of hydrogen-bond donors (Lipinski definition) is 2. The minimum Gasteiger partial charge on any atom is -0.478 e. The van der Waals surface area contributed by atoms with E-state index in [0.29, 0.717) is 30.3 Å². The van der Waals surface area contributed by atoms with E-state index >= 15 is 0 Å². The Labute approximate surface area is 193 Å². The van der Waals surface area contributed by atoms with Gasteiger partial charge in [-0.25, -0.2) is 9.59 Å². The molecule has 1 aromatic carbocycles. The van der Waals surface area contributed by atoms with E-state index < -0.39 is 11.9 Å². The number of piperidine rings is 2. The highest BCUT2D eigenvalue weighted by molar-refractivity contribution is 6.09. The van der Waals surface area contributed by atoms with Crippen molar-refractivity contribution in [1.29, 1.82) is 0 Å². The summed E-state index contributed by atoms with van der Waals surface area (Å²) < 4.78 is 2.23. The summed E-state index contributed by atoms with van der Waals surface area (Å²) in [6.45, 7) is 0.879. The Morgan fingerprint density at radius 3 is 2.18 bits per heavy atom. The average molecular weight is 454 g/mol. The fourth-order valence-corrected chi connectivity index (χ4v) is 5.78. The lowest BCUT2D eigenvalue weighted by Gasteiger charge is -2.50. The molecule has 2 N–H and O–H groups in total. The maximum atomic E-state index is 13.4. The minimum absolute atomic E-state index is 0.269. The Balaban J connectivity index is 0.000000281. The van der Waals surface area contributed by atoms with Gasteiger partial charge in [0.1, 0.15) is 0 Å². The predicted molar refractivity (Wildman–Crippen MR) is 124 cm³/mol. The number of fused-ring (bicyclic) bond motifs is 5. The van der Waals surface area contributed by atoms with E-state index in [1.165, 1.54) is 30.5 Å². The van der Waals surface area contributed by atoms with Gasteiger partial charge in [-0.2, -0.15) is 0 Å². The number of aromatic nitrogens is 1. The smallest absolute Gasteiger partial charge is 0.328 e. The number of carbonyl (C=O) groups is 3. The highest BCUT2D eigenvalue weighted by Crippen LogP contribution is 2.37. The second-order valence-electron chi connectivity index (χ2n) is 9.19. The van der Waals surface area contributed by atoms with E-state index in [0.717, 1.165) is 36.8 Å². The summed E-state index contributed by atoms with van der Waals surface area (Å²) in [6, 6.07) is 10.1. The summed E-state index contributed by atoms with van der Waals surface area (Å²) in [4.78, 5) is 37.3. The largest absolute Gasteiger partial charge is 0.478 e. The first-order valence-corrected chi connectivity index (χ1v) is 11.5. The lowest BCUT2D eigenvalue weighted by molar-refractivity contribution is -0.134. The lowest BCUT2D eigenvalue weighted by atomic mass is 9.81. The van der Waals surface area contributed by atoms with Gasteiger partial charge >= 0.3 is 11.9 Å². The zero-order valence-corrected chi connectivity index (χ0v) is 19.1. The zero-order valence-electron chi connectivity index (χ0n) is 19.1. The number of nitrogens with zero attached hydrogens (tertiary/aromatic N) is 3. The van der Waals surface area contributed by atoms with E-state index in [4.69, 9.17) is 10.2 Å². The molecule has 2 unspecified atom stereocenters. The Hall–Kier alpha value is -3.13. The molecule has 0 aliphatic carbocycles. The third-order valence-corrected chi connectivity index (χ3v) is 7.42. The molecule has 4 heterocycles. The van der Waals surface area contributed by atoms with Crippen LogP contribution in [0.5, 0.6) is 0 Å². The molecule has 176 valence electrons. The molecular weight excluding hydrogens is 422 g/mol. The van der Waals surface area contributed by atoms with Gasteiger partial charge in [0, 0.05) is 66.9 Å². The van der Waals surface area contributed by atoms with Crippen molar-refractivity contribution >= 4 is 28.7 Å². The predicted octanol–water partition coefficient (Wildman–Crippen LogP) is 2.90. The van der Waals surface area contributed by atoms with Crippen molar-refractivity contribution in [3.05, 3.63) is 47.7 Å². The Morgan fingerprint density at radius 1 is 0.970 bits per heavy atom. The van der Waals surface area contributed by atoms with Gasteiger partial charge in [0.2, 0.25) is 0 Å². The van der Waals surface area contributed by atoms with Gasteiger partial charge in [-0.1, -0.05) is 24.6 Å². The molecule has 0 saturated carbocycles. The molecule has 8 heteroatoms. The van der Waals surface area contributed by atoms with Crippen LogP contribution in [0.4, 0.5) is 0 Å². The number of amides is 1. The standard InChI is InChI=1S/C21H27N3O.C4H4O4/c1-22-14-6-5-7-15(22)13-16(12-14)24-11-10-19-20(21(24)25)17-8-3-4-9-18(17)23(19)2;5-3(6)1-2-4(7)8/h3-4,8-9,14-16H,5-7,10-13H2,1-2H3;1-2H,(H,5,6)(H,7,8)/b;2-1-. The minimum atomic E-state index is -1.26. The van der Waals surface area contributed by atoms with Crippen molar-refractivity contribution in [3.8, 4) is 0 Å². The van der Waals surface area contributed by atoms with Gasteiger partial charge < -0.3 is 24.6 Å². The van der Waals surface area contributed by atoms with Crippen molar-refractivity contribution in [2.24, 2.45) is 7.05 Å². The number of carbonyl (C=O) groups excluding carboxylic acids is 1. The molecule has 8 nitrogen and oxygen atoms in total. The van der Waals surface area contributed by atoms with Crippen LogP contribution in [-0.4, -0.2) is 74.1 Å². The number of benzene rings is 1. The second-order valence-corrected chi connectivity index (χ2v) is 9.19. The van der Waals surface area contributed by atoms with Crippen LogP contribution < -0.4 is 0 Å². The number of aliphatic carboxylic acids is 2. The zero-order chi connectivity index (χ0) is 23.7. The highest BCUT2D eigenvalue weighted by atomic mass is 16.4. The number of para-hydroxylation sites is 1. The maximum Gasteiger partial charge on any atom is 0.328 e. The molecule has 3 aliphatic heterocycles. The van der Waals surface area contributed by atoms with E-state index in [-0.39, 0.29) is 5.91 Å². The summed E-state index contributed by atoms with van der Waals surface area (Å²) in [5.74, 6) is -2.24. The van der Waals surface area contributed by atoms with Crippen LogP contribution in [0.1, 0.15) is 48.2 Å². The summed E-state index contributed by atoms with van der Waals surface area (Å²) >= 11 is 0. The molecule has 2 atom stereocenters. The first-order chi connectivity index (χ1) is 15.8. The summed E-state index contributed by atoms with van der Waals surface area (Å²) in [7, 11) is 4.38. The molecule has 5 rings (SSSR count). The third-order valence-electron chi connectivity index (χ3n) is 7.42. The van der Waals surface area contributed by atoms with Crippen molar-refractivity contribution in [3.63, 3.8) is 0 Å². The van der Waals surface area contributed by atoms with Gasteiger partial charge in [0.05, 0.1) is 5.56 Å². The molecule has 1 aromatic heterocycles. The molecule has 0 radical (unpaired) electrons. The molecule has 1 amide bonds. The van der Waals surface area contributed by atoms with Gasteiger partial charge in [0.25, 0.3) is 5.91 Å². The number of carboxylic acid groups (broad SMARTS) is 2. The van der Waals surface area contributed by atoms with Crippen LogP contribution in [0.15, 0.2) is 36.4 Å². The van der Waals surface area contributed by atoms with Crippen LogP contribution in [0.3, 0.4) is 0 Å². The van der Waals surface area contributed by atoms with Crippen LogP contribution in [0.2, 0.25) is 0 Å². The van der Waals surface area contributed by atoms with Crippen LogP contribution in [0, 0.1) is 0 Å². The monoisotopic (exact) mass is 453 g/mol. The number of carboxylic acids is 2. The van der Waals surface area contributed by atoms with Crippen LogP contribution in [-0.2, 0) is 23.1 Å². The molecule has 2 saturated heterocycles. The Bertz CT molecular complexity index is 1070. The van der Waals surface area contributed by atoms with E-state index in [2.05, 4.69) is 52.7 Å². The first kappa shape index (κ1) is 23.0. The first-order valence-electron chi connectivity index (χ1n) is 11.5. The number of rotatable bonds is 3. The van der Waals surface area contributed by atoms with E-state index in [9.17, 15) is 14.4 Å². The number of aryl methyl sites for hydroxylation is 1. The molecule has 2 bridgehead atoms. The third kappa shape index (κ3) is 4.53. The average Bonchev–Trinajstić information content (AvgIpc) is 3.06. The fourth-order valence-electron chi connectivity index (χ4n) is 5.78. The topological polar surface area (TPSA) is 103 Å². The van der Waals surface area contributed by atoms with Crippen molar-refractivity contribution in [2.75, 3.05) is 13.6 Å².